The Morgan fingerprint density at radius 3 is 1.92 bits per heavy atom. The quantitative estimate of drug-likeness (QED) is 0.0257. The van der Waals surface area contributed by atoms with Crippen molar-refractivity contribution in [3.8, 4) is 0 Å². The molecule has 0 fully saturated rings. The molecule has 0 saturated heterocycles. The van der Waals surface area contributed by atoms with Crippen LogP contribution in [0.3, 0.4) is 0 Å². The van der Waals surface area contributed by atoms with E-state index in [0.29, 0.717) is 18.8 Å². The lowest BCUT2D eigenvalue weighted by molar-refractivity contribution is -0.157. The van der Waals surface area contributed by atoms with Crippen molar-refractivity contribution in [1.29, 1.82) is 0 Å². The van der Waals surface area contributed by atoms with Gasteiger partial charge in [-0.2, -0.15) is 0 Å². The van der Waals surface area contributed by atoms with Crippen LogP contribution in [0.4, 0.5) is 0 Å². The van der Waals surface area contributed by atoms with E-state index < -0.39 is 107 Å². The van der Waals surface area contributed by atoms with Crippen LogP contribution in [0.1, 0.15) is 109 Å². The van der Waals surface area contributed by atoms with Crippen LogP contribution in [0.2, 0.25) is 0 Å². The molecule has 4 amide bonds. The molecule has 14 nitrogen and oxygen atoms in total. The first kappa shape index (κ1) is 59.4. The van der Waals surface area contributed by atoms with E-state index >= 15 is 0 Å². The Bertz CT molecular complexity index is 1520. The van der Waals surface area contributed by atoms with Crippen LogP contribution in [0.15, 0.2) is 23.3 Å². The largest absolute Gasteiger partial charge is 0.460 e. The summed E-state index contributed by atoms with van der Waals surface area (Å²) >= 11 is 18.6. The molecule has 0 spiro atoms. The van der Waals surface area contributed by atoms with Crippen LogP contribution >= 0.6 is 46.6 Å². The van der Waals surface area contributed by atoms with Gasteiger partial charge in [-0.1, -0.05) is 116 Å². The predicted octanol–water partition coefficient (Wildman–Crippen LogP) is 6.87. The summed E-state index contributed by atoms with van der Waals surface area (Å²) in [5.74, 6) is -5.12. The van der Waals surface area contributed by atoms with Gasteiger partial charge >= 0.3 is 11.9 Å². The SMILES string of the molecule is CC/C=C(\C)[C@@H](O)[C@@H](C)[C@H](C/C=C(\C)C(=O)O[C@@H](C(=O)N[C@H](C(=O)N(C)[C@H](CC(C)C)C(=O)N(C)CC(=O)N[C@H](C(=O)OCC(Cl)(Cl)Cl)C(C)C)C(C)C)[C@@H](C)CC)OCSC. The monoisotopic (exact) mass is 956 g/mol. The van der Waals surface area contributed by atoms with E-state index in [4.69, 9.17) is 49.0 Å². The van der Waals surface area contributed by atoms with Crippen molar-refractivity contribution in [3.05, 3.63) is 23.3 Å². The molecule has 0 aromatic rings. The van der Waals surface area contributed by atoms with Crippen LogP contribution in [0, 0.1) is 29.6 Å². The van der Waals surface area contributed by atoms with Crippen LogP contribution < -0.4 is 10.6 Å². The number of hydrogen-bond acceptors (Lipinski definition) is 11. The van der Waals surface area contributed by atoms with E-state index in [1.807, 2.05) is 53.9 Å². The first-order chi connectivity index (χ1) is 28.6. The zero-order valence-corrected chi connectivity index (χ0v) is 42.6. The molecule has 0 aromatic heterocycles. The number of aliphatic hydroxyl groups excluding tert-OH is 1. The number of thioether (sulfide) groups is 1. The van der Waals surface area contributed by atoms with Crippen molar-refractivity contribution in [2.24, 2.45) is 29.6 Å². The highest BCUT2D eigenvalue weighted by Gasteiger charge is 2.39. The number of likely N-dealkylation sites (N-methyl/N-ethyl adjacent to an activating group) is 2. The van der Waals surface area contributed by atoms with Gasteiger partial charge in [-0.05, 0) is 69.1 Å². The minimum absolute atomic E-state index is 0.0558. The molecule has 8 atom stereocenters. The Morgan fingerprint density at radius 2 is 1.44 bits per heavy atom. The number of esters is 2. The topological polar surface area (TPSA) is 181 Å². The number of allylic oxidation sites excluding steroid dienone is 1. The van der Waals surface area contributed by atoms with Gasteiger partial charge in [0.25, 0.3) is 5.91 Å². The molecular formula is C44H75Cl3N4O10S. The average molecular weight is 959 g/mol. The fraction of sp³-hybridized carbons (Fsp3) is 0.773. The van der Waals surface area contributed by atoms with Crippen molar-refractivity contribution in [1.82, 2.24) is 20.4 Å². The lowest BCUT2D eigenvalue weighted by Gasteiger charge is -2.35. The summed E-state index contributed by atoms with van der Waals surface area (Å²) < 4.78 is 15.1. The van der Waals surface area contributed by atoms with Crippen molar-refractivity contribution < 1.29 is 48.1 Å². The number of carbonyl (C=O) groups excluding carboxylic acids is 6. The first-order valence-electron chi connectivity index (χ1n) is 21.3. The van der Waals surface area contributed by atoms with Crippen molar-refractivity contribution >= 4 is 82.1 Å². The third-order valence-electron chi connectivity index (χ3n) is 10.5. The molecule has 0 aliphatic carbocycles. The fourth-order valence-corrected chi connectivity index (χ4v) is 6.85. The molecule has 0 radical (unpaired) electrons. The Hall–Kier alpha value is -2.56. The number of rotatable bonds is 27. The summed E-state index contributed by atoms with van der Waals surface area (Å²) in [5.41, 5.74) is 1.10. The zero-order chi connectivity index (χ0) is 48.2. The molecule has 0 unspecified atom stereocenters. The maximum absolute atomic E-state index is 14.2. The number of amides is 4. The Balaban J connectivity index is 6.24. The Kier molecular flexibility index (Phi) is 27.9. The number of halogens is 3. The summed E-state index contributed by atoms with van der Waals surface area (Å²) in [6.45, 7) is 20.7. The van der Waals surface area contributed by atoms with Crippen molar-refractivity contribution in [3.63, 3.8) is 0 Å². The molecule has 0 aromatic carbocycles. The van der Waals surface area contributed by atoms with E-state index in [0.717, 1.165) is 16.9 Å². The number of alkyl halides is 3. The molecule has 18 heteroatoms. The second kappa shape index (κ2) is 29.1. The summed E-state index contributed by atoms with van der Waals surface area (Å²) in [6, 6.07) is -3.22. The summed E-state index contributed by atoms with van der Waals surface area (Å²) in [4.78, 5) is 84.0. The number of hydrogen-bond donors (Lipinski definition) is 3. The van der Waals surface area contributed by atoms with Gasteiger partial charge in [0.15, 0.2) is 6.10 Å². The highest BCUT2D eigenvalue weighted by molar-refractivity contribution is 7.98. The molecular weight excluding hydrogens is 883 g/mol. The van der Waals surface area contributed by atoms with Gasteiger partial charge < -0.3 is 39.8 Å². The third kappa shape index (κ3) is 21.0. The number of nitrogens with zero attached hydrogens (tertiary/aromatic N) is 2. The van der Waals surface area contributed by atoms with Gasteiger partial charge in [0.05, 0.1) is 24.7 Å². The smallest absolute Gasteiger partial charge is 0.334 e. The Labute approximate surface area is 390 Å². The standard InChI is InChI=1S/C44H75Cl3N4O10S/c1-16-18-29(10)37(53)31(12)33(60-24-62-15)20-19-30(11)42(57)61-38(28(9)17-2)39(54)49-35(26(5)6)41(56)51(14)32(21-25(3)4)40(55)50(13)22-34(52)48-36(27(7)8)43(58)59-23-44(45,46)47/h18-19,25-28,31-33,35-38,53H,16-17,20-24H2,1-15H3,(H,48,52)(H,49,54)/b29-18+,30-19+/t28-,31-,32+,33-,35-,36-,37+,38+/m0/s1. The summed E-state index contributed by atoms with van der Waals surface area (Å²) in [5, 5.41) is 16.4. The van der Waals surface area contributed by atoms with Gasteiger partial charge in [-0.25, -0.2) is 9.59 Å². The van der Waals surface area contributed by atoms with Gasteiger partial charge in [-0.15, -0.1) is 11.8 Å². The first-order valence-corrected chi connectivity index (χ1v) is 23.9. The number of carbonyl (C=O) groups is 6. The van der Waals surface area contributed by atoms with Crippen LogP contribution in [0.25, 0.3) is 0 Å². The molecule has 0 bridgehead atoms. The van der Waals surface area contributed by atoms with E-state index in [9.17, 15) is 33.9 Å². The fourth-order valence-electron chi connectivity index (χ4n) is 6.38. The van der Waals surface area contributed by atoms with Crippen molar-refractivity contribution in [2.45, 2.75) is 149 Å². The highest BCUT2D eigenvalue weighted by Crippen LogP contribution is 2.27. The normalized spacial score (nSPS) is 16.4. The third-order valence-corrected chi connectivity index (χ3v) is 11.2. The maximum atomic E-state index is 14.2. The van der Waals surface area contributed by atoms with E-state index in [-0.39, 0.29) is 23.8 Å². The zero-order valence-electron chi connectivity index (χ0n) is 39.5. The van der Waals surface area contributed by atoms with E-state index in [1.54, 1.807) is 47.6 Å². The molecule has 3 N–H and O–H groups in total. The van der Waals surface area contributed by atoms with Crippen LogP contribution in [0.5, 0.6) is 0 Å². The van der Waals surface area contributed by atoms with Crippen molar-refractivity contribution in [2.75, 3.05) is 39.4 Å². The van der Waals surface area contributed by atoms with Crippen LogP contribution in [-0.2, 0) is 43.0 Å². The minimum atomic E-state index is -1.84. The molecule has 358 valence electrons. The number of ether oxygens (including phenoxy) is 3. The van der Waals surface area contributed by atoms with Gasteiger partial charge in [-0.3, -0.25) is 19.2 Å². The minimum Gasteiger partial charge on any atom is -0.460 e. The van der Waals surface area contributed by atoms with Gasteiger partial charge in [0.1, 0.15) is 24.7 Å². The second-order valence-electron chi connectivity index (χ2n) is 17.1. The maximum Gasteiger partial charge on any atom is 0.334 e. The summed E-state index contributed by atoms with van der Waals surface area (Å²) in [7, 11) is 2.88. The predicted molar refractivity (Wildman–Crippen MR) is 249 cm³/mol. The number of nitrogens with one attached hydrogen (secondary N) is 2. The number of aliphatic hydroxyl groups is 1. The lowest BCUT2D eigenvalue weighted by atomic mass is 9.90. The van der Waals surface area contributed by atoms with Gasteiger partial charge in [0.2, 0.25) is 21.5 Å². The van der Waals surface area contributed by atoms with E-state index in [1.165, 1.54) is 30.8 Å². The second-order valence-corrected chi connectivity index (χ2v) is 20.5. The molecule has 0 aliphatic heterocycles. The van der Waals surface area contributed by atoms with Gasteiger partial charge in [0, 0.05) is 31.5 Å². The molecule has 0 aliphatic rings. The lowest BCUT2D eigenvalue weighted by Crippen LogP contribution is -2.58. The molecule has 0 heterocycles. The average Bonchev–Trinajstić information content (AvgIpc) is 3.19. The highest BCUT2D eigenvalue weighted by atomic mass is 35.6. The molecule has 0 saturated carbocycles. The summed E-state index contributed by atoms with van der Waals surface area (Å²) in [6.07, 6.45) is 5.02. The Morgan fingerprint density at radius 1 is 0.855 bits per heavy atom. The molecule has 62 heavy (non-hydrogen) atoms. The van der Waals surface area contributed by atoms with E-state index in [2.05, 4.69) is 10.6 Å². The van der Waals surface area contributed by atoms with Crippen LogP contribution in [-0.4, -0.2) is 130 Å². The molecule has 0 rings (SSSR count).